The van der Waals surface area contributed by atoms with Crippen LogP contribution in [0, 0.1) is 0 Å². The number of morpholine rings is 1. The van der Waals surface area contributed by atoms with E-state index in [9.17, 15) is 0 Å². The third kappa shape index (κ3) is 3.89. The van der Waals surface area contributed by atoms with Crippen molar-refractivity contribution in [3.05, 3.63) is 28.8 Å². The molecule has 1 heterocycles. The highest BCUT2D eigenvalue weighted by Gasteiger charge is 2.31. The zero-order valence-electron chi connectivity index (χ0n) is 13.2. The first-order chi connectivity index (χ1) is 10.1. The standard InChI is InChI=1S/C16H25ClN2O2/c1-11(2)19-7-8-21-15(10-19)16(18-3)13-9-12(17)5-6-14(13)20-4/h5-6,9,11,15-16,18H,7-8,10H2,1-4H3. The molecule has 2 rings (SSSR count). The Morgan fingerprint density at radius 2 is 2.19 bits per heavy atom. The van der Waals surface area contributed by atoms with Gasteiger partial charge in [0, 0.05) is 29.7 Å². The summed E-state index contributed by atoms with van der Waals surface area (Å²) >= 11 is 6.16. The topological polar surface area (TPSA) is 33.7 Å². The number of halogens is 1. The van der Waals surface area contributed by atoms with E-state index in [0.717, 1.165) is 31.0 Å². The van der Waals surface area contributed by atoms with Gasteiger partial charge in [-0.2, -0.15) is 0 Å². The van der Waals surface area contributed by atoms with Gasteiger partial charge < -0.3 is 14.8 Å². The summed E-state index contributed by atoms with van der Waals surface area (Å²) in [5.41, 5.74) is 1.04. The van der Waals surface area contributed by atoms with E-state index in [1.54, 1.807) is 7.11 Å². The summed E-state index contributed by atoms with van der Waals surface area (Å²) in [5.74, 6) is 0.837. The van der Waals surface area contributed by atoms with Crippen LogP contribution in [-0.4, -0.2) is 50.9 Å². The second kappa shape index (κ2) is 7.45. The van der Waals surface area contributed by atoms with Crippen LogP contribution in [0.25, 0.3) is 0 Å². The van der Waals surface area contributed by atoms with Crippen LogP contribution in [0.1, 0.15) is 25.5 Å². The molecule has 1 saturated heterocycles. The minimum Gasteiger partial charge on any atom is -0.496 e. The molecule has 4 nitrogen and oxygen atoms in total. The lowest BCUT2D eigenvalue weighted by Crippen LogP contribution is -2.49. The number of hydrogen-bond acceptors (Lipinski definition) is 4. The van der Waals surface area contributed by atoms with Crippen molar-refractivity contribution in [3.8, 4) is 5.75 Å². The normalized spacial score (nSPS) is 21.5. The second-order valence-corrected chi connectivity index (χ2v) is 6.09. The smallest absolute Gasteiger partial charge is 0.123 e. The third-order valence-corrected chi connectivity index (χ3v) is 4.30. The molecule has 1 aliphatic heterocycles. The van der Waals surface area contributed by atoms with Crippen molar-refractivity contribution in [2.75, 3.05) is 33.9 Å². The highest BCUT2D eigenvalue weighted by molar-refractivity contribution is 6.30. The van der Waals surface area contributed by atoms with Crippen molar-refractivity contribution in [3.63, 3.8) is 0 Å². The number of methoxy groups -OCH3 is 1. The summed E-state index contributed by atoms with van der Waals surface area (Å²) < 4.78 is 11.5. The molecule has 2 unspecified atom stereocenters. The van der Waals surface area contributed by atoms with E-state index in [2.05, 4.69) is 24.1 Å². The molecule has 21 heavy (non-hydrogen) atoms. The first-order valence-electron chi connectivity index (χ1n) is 7.43. The van der Waals surface area contributed by atoms with Gasteiger partial charge in [-0.1, -0.05) is 11.6 Å². The van der Waals surface area contributed by atoms with Gasteiger partial charge in [-0.15, -0.1) is 0 Å². The molecule has 0 spiro atoms. The summed E-state index contributed by atoms with van der Waals surface area (Å²) in [6, 6.07) is 6.29. The van der Waals surface area contributed by atoms with E-state index >= 15 is 0 Å². The molecule has 1 fully saturated rings. The van der Waals surface area contributed by atoms with Crippen LogP contribution in [0.4, 0.5) is 0 Å². The van der Waals surface area contributed by atoms with Crippen LogP contribution in [0.15, 0.2) is 18.2 Å². The Hall–Kier alpha value is -0.810. The van der Waals surface area contributed by atoms with E-state index in [0.29, 0.717) is 11.1 Å². The van der Waals surface area contributed by atoms with E-state index in [1.165, 1.54) is 0 Å². The Balaban J connectivity index is 2.24. The van der Waals surface area contributed by atoms with Gasteiger partial charge in [0.2, 0.25) is 0 Å². The molecule has 0 aromatic heterocycles. The average Bonchev–Trinajstić information content (AvgIpc) is 2.48. The molecule has 118 valence electrons. The van der Waals surface area contributed by atoms with Gasteiger partial charge in [0.15, 0.2) is 0 Å². The zero-order valence-corrected chi connectivity index (χ0v) is 14.0. The fraction of sp³-hybridized carbons (Fsp3) is 0.625. The first-order valence-corrected chi connectivity index (χ1v) is 7.81. The van der Waals surface area contributed by atoms with E-state index in [1.807, 2.05) is 25.2 Å². The summed E-state index contributed by atoms with van der Waals surface area (Å²) in [7, 11) is 3.63. The molecule has 0 radical (unpaired) electrons. The molecular weight excluding hydrogens is 288 g/mol. The zero-order chi connectivity index (χ0) is 15.4. The lowest BCUT2D eigenvalue weighted by atomic mass is 9.98. The average molecular weight is 313 g/mol. The number of likely N-dealkylation sites (N-methyl/N-ethyl adjacent to an activating group) is 1. The monoisotopic (exact) mass is 312 g/mol. The highest BCUT2D eigenvalue weighted by Crippen LogP contribution is 2.32. The lowest BCUT2D eigenvalue weighted by molar-refractivity contribution is -0.0552. The van der Waals surface area contributed by atoms with Crippen molar-refractivity contribution >= 4 is 11.6 Å². The van der Waals surface area contributed by atoms with E-state index in [4.69, 9.17) is 21.1 Å². The molecule has 1 N–H and O–H groups in total. The van der Waals surface area contributed by atoms with Crippen LogP contribution < -0.4 is 10.1 Å². The molecule has 0 aliphatic carbocycles. The Morgan fingerprint density at radius 3 is 2.81 bits per heavy atom. The van der Waals surface area contributed by atoms with Crippen molar-refractivity contribution in [1.29, 1.82) is 0 Å². The van der Waals surface area contributed by atoms with Gasteiger partial charge in [-0.3, -0.25) is 4.90 Å². The number of rotatable bonds is 5. The summed E-state index contributed by atoms with van der Waals surface area (Å²) in [4.78, 5) is 2.44. The fourth-order valence-corrected chi connectivity index (χ4v) is 3.04. The van der Waals surface area contributed by atoms with Crippen molar-refractivity contribution in [1.82, 2.24) is 10.2 Å². The van der Waals surface area contributed by atoms with Gasteiger partial charge >= 0.3 is 0 Å². The maximum atomic E-state index is 6.16. The van der Waals surface area contributed by atoms with Gasteiger partial charge in [-0.25, -0.2) is 0 Å². The van der Waals surface area contributed by atoms with Crippen molar-refractivity contribution in [2.45, 2.75) is 32.0 Å². The maximum Gasteiger partial charge on any atom is 0.123 e. The quantitative estimate of drug-likeness (QED) is 0.906. The maximum absolute atomic E-state index is 6.16. The highest BCUT2D eigenvalue weighted by atomic mass is 35.5. The van der Waals surface area contributed by atoms with Crippen LogP contribution in [0.2, 0.25) is 5.02 Å². The number of ether oxygens (including phenoxy) is 2. The van der Waals surface area contributed by atoms with Gasteiger partial charge in [0.1, 0.15) is 5.75 Å². The lowest BCUT2D eigenvalue weighted by Gasteiger charge is -2.39. The second-order valence-electron chi connectivity index (χ2n) is 5.65. The predicted octanol–water partition coefficient (Wildman–Crippen LogP) is 2.72. The van der Waals surface area contributed by atoms with Crippen LogP contribution in [0.3, 0.4) is 0 Å². The number of benzene rings is 1. The fourth-order valence-electron chi connectivity index (χ4n) is 2.86. The van der Waals surface area contributed by atoms with Crippen LogP contribution in [-0.2, 0) is 4.74 Å². The predicted molar refractivity (Wildman–Crippen MR) is 86.3 cm³/mol. The molecule has 2 atom stereocenters. The number of hydrogen-bond donors (Lipinski definition) is 1. The van der Waals surface area contributed by atoms with Crippen LogP contribution in [0.5, 0.6) is 5.75 Å². The summed E-state index contributed by atoms with van der Waals surface area (Å²) in [6.07, 6.45) is 0.0820. The minimum atomic E-state index is 0.0557. The molecule has 5 heteroatoms. The molecule has 0 amide bonds. The van der Waals surface area contributed by atoms with Gasteiger partial charge in [-0.05, 0) is 39.1 Å². The van der Waals surface area contributed by atoms with Gasteiger partial charge in [0.05, 0.1) is 25.9 Å². The Kier molecular flexibility index (Phi) is 5.88. The van der Waals surface area contributed by atoms with Crippen molar-refractivity contribution in [2.24, 2.45) is 0 Å². The third-order valence-electron chi connectivity index (χ3n) is 4.06. The van der Waals surface area contributed by atoms with Crippen molar-refractivity contribution < 1.29 is 9.47 Å². The summed E-state index contributed by atoms with van der Waals surface area (Å²) in [5, 5.41) is 4.07. The number of nitrogens with zero attached hydrogens (tertiary/aromatic N) is 1. The Labute approximate surface area is 132 Å². The minimum absolute atomic E-state index is 0.0557. The van der Waals surface area contributed by atoms with E-state index in [-0.39, 0.29) is 12.1 Å². The summed E-state index contributed by atoms with van der Waals surface area (Å²) in [6.45, 7) is 7.08. The first kappa shape index (κ1) is 16.6. The molecule has 1 aliphatic rings. The Bertz CT molecular complexity index is 468. The molecular formula is C16H25ClN2O2. The molecule has 0 saturated carbocycles. The number of nitrogens with one attached hydrogen (secondary N) is 1. The molecule has 1 aromatic rings. The molecule has 0 bridgehead atoms. The van der Waals surface area contributed by atoms with Crippen LogP contribution >= 0.6 is 11.6 Å². The SMILES string of the molecule is CNC(c1cc(Cl)ccc1OC)C1CN(C(C)C)CCO1. The molecule has 1 aromatic carbocycles. The largest absolute Gasteiger partial charge is 0.496 e. The van der Waals surface area contributed by atoms with Gasteiger partial charge in [0.25, 0.3) is 0 Å². The Morgan fingerprint density at radius 1 is 1.43 bits per heavy atom. The van der Waals surface area contributed by atoms with E-state index < -0.39 is 0 Å².